The van der Waals surface area contributed by atoms with Crippen LogP contribution in [0.2, 0.25) is 0 Å². The first-order chi connectivity index (χ1) is 11.5. The molecule has 1 heterocycles. The van der Waals surface area contributed by atoms with E-state index in [0.29, 0.717) is 24.6 Å². The Morgan fingerprint density at radius 3 is 2.29 bits per heavy atom. The number of benzene rings is 1. The molecule has 1 atom stereocenters. The van der Waals surface area contributed by atoms with Gasteiger partial charge in [-0.15, -0.1) is 0 Å². The Morgan fingerprint density at radius 1 is 1.17 bits per heavy atom. The second-order valence-corrected chi connectivity index (χ2v) is 5.76. The molecular weight excluding hydrogens is 306 g/mol. The maximum absolute atomic E-state index is 10.4. The number of hydrogen-bond donors (Lipinski definition) is 2. The molecule has 2 rings (SSSR count). The third-order valence-electron chi connectivity index (χ3n) is 4.23. The molecule has 0 aliphatic heterocycles. The summed E-state index contributed by atoms with van der Waals surface area (Å²) in [5, 5.41) is 18.3. The van der Waals surface area contributed by atoms with E-state index in [1.165, 1.54) is 11.3 Å². The molecule has 24 heavy (non-hydrogen) atoms. The minimum atomic E-state index is -0.643. The average molecular weight is 333 g/mol. The van der Waals surface area contributed by atoms with Gasteiger partial charge < -0.3 is 19.9 Å². The third-order valence-corrected chi connectivity index (χ3v) is 4.23. The first-order valence-electron chi connectivity index (χ1n) is 8.14. The van der Waals surface area contributed by atoms with Gasteiger partial charge in [0.25, 0.3) is 0 Å². The number of hydrogen-bond acceptors (Lipinski definition) is 5. The molecule has 0 saturated heterocycles. The fourth-order valence-corrected chi connectivity index (χ4v) is 2.77. The van der Waals surface area contributed by atoms with Gasteiger partial charge in [-0.05, 0) is 38.5 Å². The summed E-state index contributed by atoms with van der Waals surface area (Å²) in [6.45, 7) is 8.14. The van der Waals surface area contributed by atoms with E-state index < -0.39 is 6.10 Å². The molecule has 0 aliphatic rings. The van der Waals surface area contributed by atoms with Gasteiger partial charge in [0.15, 0.2) is 0 Å². The molecule has 0 spiro atoms. The Labute approximate surface area is 143 Å². The van der Waals surface area contributed by atoms with Crippen LogP contribution in [0.15, 0.2) is 18.2 Å². The van der Waals surface area contributed by atoms with Crippen molar-refractivity contribution in [2.24, 2.45) is 0 Å². The highest BCUT2D eigenvalue weighted by Gasteiger charge is 2.13. The van der Waals surface area contributed by atoms with Crippen molar-refractivity contribution in [2.45, 2.75) is 40.0 Å². The predicted octanol–water partition coefficient (Wildman–Crippen LogP) is 2.36. The molecule has 1 aromatic carbocycles. The maximum Gasteiger partial charge on any atom is 0.122 e. The second kappa shape index (κ2) is 8.17. The molecule has 6 nitrogen and oxygen atoms in total. The lowest BCUT2D eigenvalue weighted by atomic mass is 10.1. The topological polar surface area (TPSA) is 68.5 Å². The van der Waals surface area contributed by atoms with E-state index in [0.717, 1.165) is 17.8 Å². The molecular formula is C18H27N3O3. The number of nitrogens with zero attached hydrogens (tertiary/aromatic N) is 2. The van der Waals surface area contributed by atoms with Gasteiger partial charge >= 0.3 is 0 Å². The number of aromatic nitrogens is 2. The second-order valence-electron chi connectivity index (χ2n) is 5.76. The number of rotatable bonds is 8. The van der Waals surface area contributed by atoms with Gasteiger partial charge in [-0.1, -0.05) is 0 Å². The molecule has 0 fully saturated rings. The van der Waals surface area contributed by atoms with Crippen LogP contribution < -0.4 is 14.8 Å². The first-order valence-corrected chi connectivity index (χ1v) is 8.14. The Morgan fingerprint density at radius 2 is 1.79 bits per heavy atom. The van der Waals surface area contributed by atoms with Crippen LogP contribution in [0.5, 0.6) is 11.5 Å². The summed E-state index contributed by atoms with van der Waals surface area (Å²) < 4.78 is 12.5. The minimum Gasteiger partial charge on any atom is -0.497 e. The van der Waals surface area contributed by atoms with Gasteiger partial charge in [0, 0.05) is 37.0 Å². The van der Waals surface area contributed by atoms with Crippen LogP contribution in [0.25, 0.3) is 0 Å². The van der Waals surface area contributed by atoms with Gasteiger partial charge in [0.2, 0.25) is 0 Å². The molecule has 2 aromatic rings. The quantitative estimate of drug-likeness (QED) is 0.776. The molecule has 6 heteroatoms. The molecule has 132 valence electrons. The Bertz CT molecular complexity index is 660. The monoisotopic (exact) mass is 333 g/mol. The molecule has 0 saturated carbocycles. The summed E-state index contributed by atoms with van der Waals surface area (Å²) in [5.74, 6) is 1.33. The number of aryl methyl sites for hydroxylation is 2. The molecule has 1 unspecified atom stereocenters. The summed E-state index contributed by atoms with van der Waals surface area (Å²) >= 11 is 0. The lowest BCUT2D eigenvalue weighted by Crippen LogP contribution is -2.21. The van der Waals surface area contributed by atoms with E-state index in [2.05, 4.69) is 24.3 Å². The third kappa shape index (κ3) is 4.07. The van der Waals surface area contributed by atoms with Gasteiger partial charge in [-0.2, -0.15) is 5.10 Å². The van der Waals surface area contributed by atoms with E-state index in [1.807, 2.05) is 23.7 Å². The summed E-state index contributed by atoms with van der Waals surface area (Å²) in [6.07, 6.45) is -0.643. The molecule has 2 N–H and O–H groups in total. The van der Waals surface area contributed by atoms with Crippen molar-refractivity contribution in [1.29, 1.82) is 0 Å². The highest BCUT2D eigenvalue weighted by Crippen LogP contribution is 2.26. The normalized spacial score (nSPS) is 12.2. The summed E-state index contributed by atoms with van der Waals surface area (Å²) in [6, 6.07) is 5.43. The Kier molecular flexibility index (Phi) is 6.23. The largest absolute Gasteiger partial charge is 0.497 e. The van der Waals surface area contributed by atoms with Crippen molar-refractivity contribution in [3.63, 3.8) is 0 Å². The van der Waals surface area contributed by atoms with E-state index in [9.17, 15) is 5.11 Å². The summed E-state index contributed by atoms with van der Waals surface area (Å²) in [5.41, 5.74) is 4.14. The number of aliphatic hydroxyl groups is 1. The van der Waals surface area contributed by atoms with Crippen LogP contribution in [0.3, 0.4) is 0 Å². The molecule has 0 aliphatic carbocycles. The SMILES string of the molecule is CCn1nc(C)c(CNCC(O)c2cc(OC)cc(OC)c2)c1C. The van der Waals surface area contributed by atoms with Crippen molar-refractivity contribution in [2.75, 3.05) is 20.8 Å². The number of ether oxygens (including phenoxy) is 2. The summed E-state index contributed by atoms with van der Waals surface area (Å²) in [4.78, 5) is 0. The molecule has 0 radical (unpaired) electrons. The first kappa shape index (κ1) is 18.3. The van der Waals surface area contributed by atoms with Crippen LogP contribution in [0.4, 0.5) is 0 Å². The lowest BCUT2D eigenvalue weighted by Gasteiger charge is -2.15. The van der Waals surface area contributed by atoms with Crippen molar-refractivity contribution >= 4 is 0 Å². The van der Waals surface area contributed by atoms with E-state index >= 15 is 0 Å². The standard InChI is InChI=1S/C18H27N3O3/c1-6-21-13(3)17(12(2)20-21)10-19-11-18(22)14-7-15(23-4)9-16(8-14)24-5/h7-9,18-19,22H,6,10-11H2,1-5H3. The van der Waals surface area contributed by atoms with Gasteiger partial charge in [0.1, 0.15) is 11.5 Å². The zero-order chi connectivity index (χ0) is 17.7. The van der Waals surface area contributed by atoms with Crippen LogP contribution in [0.1, 0.15) is 35.5 Å². The van der Waals surface area contributed by atoms with E-state index in [4.69, 9.17) is 9.47 Å². The highest BCUT2D eigenvalue weighted by molar-refractivity contribution is 5.39. The average Bonchev–Trinajstić information content (AvgIpc) is 2.88. The van der Waals surface area contributed by atoms with Gasteiger partial charge in [-0.25, -0.2) is 0 Å². The fraction of sp³-hybridized carbons (Fsp3) is 0.500. The lowest BCUT2D eigenvalue weighted by molar-refractivity contribution is 0.173. The number of aliphatic hydroxyl groups excluding tert-OH is 1. The molecule has 1 aromatic heterocycles. The van der Waals surface area contributed by atoms with Gasteiger partial charge in [-0.3, -0.25) is 4.68 Å². The predicted molar refractivity (Wildman–Crippen MR) is 93.6 cm³/mol. The van der Waals surface area contributed by atoms with Gasteiger partial charge in [0.05, 0.1) is 26.0 Å². The maximum atomic E-state index is 10.4. The Hall–Kier alpha value is -2.05. The highest BCUT2D eigenvalue weighted by atomic mass is 16.5. The van der Waals surface area contributed by atoms with Crippen molar-refractivity contribution in [3.05, 3.63) is 40.7 Å². The smallest absolute Gasteiger partial charge is 0.122 e. The fourth-order valence-electron chi connectivity index (χ4n) is 2.77. The van der Waals surface area contributed by atoms with Crippen LogP contribution >= 0.6 is 0 Å². The van der Waals surface area contributed by atoms with Crippen molar-refractivity contribution < 1.29 is 14.6 Å². The number of nitrogens with one attached hydrogen (secondary N) is 1. The molecule has 0 amide bonds. The van der Waals surface area contributed by atoms with E-state index in [1.54, 1.807) is 20.3 Å². The van der Waals surface area contributed by atoms with Crippen LogP contribution in [-0.2, 0) is 13.1 Å². The minimum absolute atomic E-state index is 0.437. The van der Waals surface area contributed by atoms with E-state index in [-0.39, 0.29) is 0 Å². The Balaban J connectivity index is 2.01. The van der Waals surface area contributed by atoms with Crippen LogP contribution in [0, 0.1) is 13.8 Å². The number of methoxy groups -OCH3 is 2. The summed E-state index contributed by atoms with van der Waals surface area (Å²) in [7, 11) is 3.19. The zero-order valence-electron chi connectivity index (χ0n) is 15.1. The van der Waals surface area contributed by atoms with Crippen molar-refractivity contribution in [3.8, 4) is 11.5 Å². The van der Waals surface area contributed by atoms with Crippen LogP contribution in [-0.4, -0.2) is 35.7 Å². The van der Waals surface area contributed by atoms with Crippen molar-refractivity contribution in [1.82, 2.24) is 15.1 Å². The molecule has 0 bridgehead atoms. The zero-order valence-corrected chi connectivity index (χ0v) is 15.1.